The molecule has 2 rings (SSSR count). The quantitative estimate of drug-likeness (QED) is 0.857. The fourth-order valence-corrected chi connectivity index (χ4v) is 3.75. The van der Waals surface area contributed by atoms with Gasteiger partial charge >= 0.3 is 6.03 Å². The van der Waals surface area contributed by atoms with E-state index in [9.17, 15) is 4.79 Å². The van der Waals surface area contributed by atoms with Gasteiger partial charge in [-0.3, -0.25) is 0 Å². The number of nitrogens with zero attached hydrogens (tertiary/aromatic N) is 1. The molecule has 114 valence electrons. The maximum Gasteiger partial charge on any atom is 0.315 e. The van der Waals surface area contributed by atoms with Gasteiger partial charge in [-0.1, -0.05) is 6.07 Å². The van der Waals surface area contributed by atoms with Gasteiger partial charge in [0.1, 0.15) is 0 Å². The Balaban J connectivity index is 1.67. The summed E-state index contributed by atoms with van der Waals surface area (Å²) in [6.07, 6.45) is 1.65. The highest BCUT2D eigenvalue weighted by Gasteiger charge is 2.09. The molecular weight excluding hydrogens is 302 g/mol. The second-order valence-electron chi connectivity index (χ2n) is 5.08. The summed E-state index contributed by atoms with van der Waals surface area (Å²) in [7, 11) is 0. The number of amides is 2. The number of aromatic nitrogens is 1. The van der Waals surface area contributed by atoms with Gasteiger partial charge in [0.2, 0.25) is 0 Å². The lowest BCUT2D eigenvalue weighted by molar-refractivity contribution is 0.238. The lowest BCUT2D eigenvalue weighted by Crippen LogP contribution is -2.42. The van der Waals surface area contributed by atoms with E-state index in [4.69, 9.17) is 0 Å². The molecule has 0 saturated carbocycles. The van der Waals surface area contributed by atoms with Crippen LogP contribution in [0, 0.1) is 13.8 Å². The van der Waals surface area contributed by atoms with Gasteiger partial charge < -0.3 is 10.6 Å². The van der Waals surface area contributed by atoms with Crippen molar-refractivity contribution in [2.75, 3.05) is 6.54 Å². The van der Waals surface area contributed by atoms with Crippen molar-refractivity contribution in [3.05, 3.63) is 38.0 Å². The van der Waals surface area contributed by atoms with E-state index in [0.717, 1.165) is 23.5 Å². The molecule has 0 bridgehead atoms. The summed E-state index contributed by atoms with van der Waals surface area (Å²) in [6.45, 7) is 6.72. The molecule has 2 aromatic heterocycles. The summed E-state index contributed by atoms with van der Waals surface area (Å²) < 4.78 is 0. The van der Waals surface area contributed by atoms with E-state index in [2.05, 4.69) is 34.0 Å². The zero-order valence-corrected chi connectivity index (χ0v) is 14.2. The minimum absolute atomic E-state index is 0.107. The maximum atomic E-state index is 11.8. The SMILES string of the molecule is Cc1nc(CCNC(=O)N[C@@H](C)Cc2cccs2)sc1C. The minimum atomic E-state index is -0.107. The first-order chi connectivity index (χ1) is 10.0. The van der Waals surface area contributed by atoms with E-state index in [0.29, 0.717) is 6.54 Å². The number of carbonyl (C=O) groups is 1. The molecule has 2 amide bonds. The van der Waals surface area contributed by atoms with E-state index >= 15 is 0 Å². The van der Waals surface area contributed by atoms with Crippen LogP contribution in [0.5, 0.6) is 0 Å². The van der Waals surface area contributed by atoms with Crippen molar-refractivity contribution >= 4 is 28.7 Å². The van der Waals surface area contributed by atoms with Crippen molar-refractivity contribution in [3.8, 4) is 0 Å². The van der Waals surface area contributed by atoms with Crippen molar-refractivity contribution in [2.45, 2.75) is 39.7 Å². The number of aryl methyl sites for hydroxylation is 2. The molecule has 2 heterocycles. The van der Waals surface area contributed by atoms with Crippen molar-refractivity contribution in [1.82, 2.24) is 15.6 Å². The van der Waals surface area contributed by atoms with Crippen LogP contribution in [0.15, 0.2) is 17.5 Å². The molecule has 0 fully saturated rings. The van der Waals surface area contributed by atoms with Crippen LogP contribution in [-0.4, -0.2) is 23.6 Å². The van der Waals surface area contributed by atoms with Crippen LogP contribution in [-0.2, 0) is 12.8 Å². The first-order valence-electron chi connectivity index (χ1n) is 7.04. The third kappa shape index (κ3) is 5.13. The van der Waals surface area contributed by atoms with Gasteiger partial charge in [0.15, 0.2) is 0 Å². The van der Waals surface area contributed by atoms with Crippen molar-refractivity contribution < 1.29 is 4.79 Å². The van der Waals surface area contributed by atoms with Gasteiger partial charge in [-0.2, -0.15) is 0 Å². The third-order valence-corrected chi connectivity index (χ3v) is 5.19. The van der Waals surface area contributed by atoms with E-state index < -0.39 is 0 Å². The van der Waals surface area contributed by atoms with Gasteiger partial charge in [0.05, 0.1) is 10.7 Å². The van der Waals surface area contributed by atoms with Crippen molar-refractivity contribution in [2.24, 2.45) is 0 Å². The number of hydrogen-bond acceptors (Lipinski definition) is 4. The Morgan fingerprint density at radius 2 is 2.24 bits per heavy atom. The topological polar surface area (TPSA) is 54.0 Å². The minimum Gasteiger partial charge on any atom is -0.338 e. The van der Waals surface area contributed by atoms with Crippen LogP contribution in [0.2, 0.25) is 0 Å². The Morgan fingerprint density at radius 1 is 1.43 bits per heavy atom. The third-order valence-electron chi connectivity index (χ3n) is 3.16. The summed E-state index contributed by atoms with van der Waals surface area (Å²) in [5.41, 5.74) is 1.09. The zero-order chi connectivity index (χ0) is 15.2. The molecule has 0 aliphatic rings. The van der Waals surface area contributed by atoms with Crippen LogP contribution in [0.1, 0.15) is 27.4 Å². The highest BCUT2D eigenvalue weighted by atomic mass is 32.1. The molecule has 0 spiro atoms. The summed E-state index contributed by atoms with van der Waals surface area (Å²) in [5.74, 6) is 0. The monoisotopic (exact) mass is 323 g/mol. The molecule has 2 aromatic rings. The van der Waals surface area contributed by atoms with Gasteiger partial charge in [-0.05, 0) is 32.2 Å². The lowest BCUT2D eigenvalue weighted by Gasteiger charge is -2.13. The summed E-state index contributed by atoms with van der Waals surface area (Å²) >= 11 is 3.42. The molecule has 0 aliphatic heterocycles. The predicted molar refractivity (Wildman–Crippen MR) is 89.3 cm³/mol. The Kier molecular flexibility index (Phi) is 5.76. The number of nitrogens with one attached hydrogen (secondary N) is 2. The molecule has 0 unspecified atom stereocenters. The molecule has 2 N–H and O–H groups in total. The van der Waals surface area contributed by atoms with Gasteiger partial charge in [-0.25, -0.2) is 9.78 Å². The number of urea groups is 1. The largest absolute Gasteiger partial charge is 0.338 e. The van der Waals surface area contributed by atoms with Crippen LogP contribution >= 0.6 is 22.7 Å². The average molecular weight is 323 g/mol. The zero-order valence-electron chi connectivity index (χ0n) is 12.6. The number of rotatable bonds is 6. The number of carbonyl (C=O) groups excluding carboxylic acids is 1. The highest BCUT2D eigenvalue weighted by Crippen LogP contribution is 2.16. The van der Waals surface area contributed by atoms with Gasteiger partial charge in [-0.15, -0.1) is 22.7 Å². The van der Waals surface area contributed by atoms with E-state index in [-0.39, 0.29) is 12.1 Å². The molecule has 0 radical (unpaired) electrons. The number of hydrogen-bond donors (Lipinski definition) is 2. The second-order valence-corrected chi connectivity index (χ2v) is 7.40. The fraction of sp³-hybridized carbons (Fsp3) is 0.467. The Morgan fingerprint density at radius 3 is 2.86 bits per heavy atom. The molecular formula is C15H21N3OS2. The molecule has 0 aromatic carbocycles. The molecule has 6 heteroatoms. The molecule has 21 heavy (non-hydrogen) atoms. The van der Waals surface area contributed by atoms with E-state index in [1.165, 1.54) is 9.75 Å². The van der Waals surface area contributed by atoms with Crippen LogP contribution in [0.25, 0.3) is 0 Å². The summed E-state index contributed by atoms with van der Waals surface area (Å²) in [5, 5.41) is 8.99. The standard InChI is InChI=1S/C15H21N3OS2/c1-10(9-13-5-4-8-20-13)17-15(19)16-7-6-14-18-11(2)12(3)21-14/h4-5,8,10H,6-7,9H2,1-3H3,(H2,16,17,19)/t10-/m0/s1. The molecule has 4 nitrogen and oxygen atoms in total. The van der Waals surface area contributed by atoms with Crippen molar-refractivity contribution in [1.29, 1.82) is 0 Å². The average Bonchev–Trinajstić information content (AvgIpc) is 3.00. The van der Waals surface area contributed by atoms with Crippen LogP contribution in [0.3, 0.4) is 0 Å². The van der Waals surface area contributed by atoms with Gasteiger partial charge in [0.25, 0.3) is 0 Å². The normalized spacial score (nSPS) is 12.1. The first-order valence-corrected chi connectivity index (χ1v) is 8.74. The van der Waals surface area contributed by atoms with Crippen LogP contribution < -0.4 is 10.6 Å². The second kappa shape index (κ2) is 7.56. The van der Waals surface area contributed by atoms with E-state index in [1.807, 2.05) is 19.9 Å². The molecule has 0 aliphatic carbocycles. The van der Waals surface area contributed by atoms with E-state index in [1.54, 1.807) is 22.7 Å². The number of thiophene rings is 1. The fourth-order valence-electron chi connectivity index (χ4n) is 1.99. The molecule has 1 atom stereocenters. The predicted octanol–water partition coefficient (Wildman–Crippen LogP) is 3.29. The Hall–Kier alpha value is -1.40. The smallest absolute Gasteiger partial charge is 0.315 e. The van der Waals surface area contributed by atoms with Crippen molar-refractivity contribution in [3.63, 3.8) is 0 Å². The Bertz CT molecular complexity index is 558. The Labute approximate surface area is 133 Å². The molecule has 0 saturated heterocycles. The maximum absolute atomic E-state index is 11.8. The summed E-state index contributed by atoms with van der Waals surface area (Å²) in [4.78, 5) is 18.8. The van der Waals surface area contributed by atoms with Crippen LogP contribution in [0.4, 0.5) is 4.79 Å². The highest BCUT2D eigenvalue weighted by molar-refractivity contribution is 7.11. The summed E-state index contributed by atoms with van der Waals surface area (Å²) in [6, 6.07) is 4.15. The lowest BCUT2D eigenvalue weighted by atomic mass is 10.2. The van der Waals surface area contributed by atoms with Gasteiger partial charge in [0, 0.05) is 35.2 Å². The number of thiazole rings is 1. The first kappa shape index (κ1) is 16.0.